The van der Waals surface area contributed by atoms with E-state index in [1.54, 1.807) is 46.3 Å². The van der Waals surface area contributed by atoms with E-state index in [4.69, 9.17) is 4.74 Å². The normalized spacial score (nSPS) is 18.1. The number of amides is 4. The standard InChI is InChI=1S/C25H29N5O4/c1-25(2,23(32)27-14-12-17-7-5-6-13-26-17)30-15-19-20(22(30)31)21(28-24(33)29(19)3)16-8-10-18(34-4)11-9-16/h5-11,13,21H,12,14-15H2,1-4H3,(H,27,32)(H,28,33). The lowest BCUT2D eigenvalue weighted by molar-refractivity contribution is -0.141. The number of likely N-dealkylation sites (N-methyl/N-ethyl adjacent to an activating group) is 1. The van der Waals surface area contributed by atoms with Crippen LogP contribution < -0.4 is 15.4 Å². The van der Waals surface area contributed by atoms with E-state index in [0.717, 1.165) is 11.3 Å². The number of methoxy groups -OCH3 is 1. The maximum absolute atomic E-state index is 13.6. The summed E-state index contributed by atoms with van der Waals surface area (Å²) in [7, 11) is 3.21. The zero-order chi connectivity index (χ0) is 24.5. The maximum Gasteiger partial charge on any atom is 0.322 e. The molecular formula is C25H29N5O4. The molecule has 0 aliphatic carbocycles. The summed E-state index contributed by atoms with van der Waals surface area (Å²) in [5, 5.41) is 5.83. The summed E-state index contributed by atoms with van der Waals surface area (Å²) >= 11 is 0. The van der Waals surface area contributed by atoms with Gasteiger partial charge in [-0.2, -0.15) is 0 Å². The predicted molar refractivity (Wildman–Crippen MR) is 126 cm³/mol. The third-order valence-corrected chi connectivity index (χ3v) is 6.43. The van der Waals surface area contributed by atoms with Gasteiger partial charge in [-0.25, -0.2) is 4.79 Å². The van der Waals surface area contributed by atoms with Crippen LogP contribution in [-0.4, -0.2) is 65.4 Å². The van der Waals surface area contributed by atoms with Crippen LogP contribution in [0.5, 0.6) is 5.75 Å². The van der Waals surface area contributed by atoms with Gasteiger partial charge in [0.15, 0.2) is 0 Å². The minimum atomic E-state index is -1.12. The average molecular weight is 464 g/mol. The summed E-state index contributed by atoms with van der Waals surface area (Å²) in [6.45, 7) is 4.02. The molecule has 0 saturated heterocycles. The summed E-state index contributed by atoms with van der Waals surface area (Å²) in [5.74, 6) is 0.146. The molecule has 178 valence electrons. The van der Waals surface area contributed by atoms with Crippen LogP contribution in [0.3, 0.4) is 0 Å². The number of nitrogens with one attached hydrogen (secondary N) is 2. The van der Waals surface area contributed by atoms with Gasteiger partial charge in [0, 0.05) is 31.9 Å². The second kappa shape index (κ2) is 9.17. The molecule has 3 heterocycles. The molecule has 34 heavy (non-hydrogen) atoms. The molecule has 9 nitrogen and oxygen atoms in total. The average Bonchev–Trinajstić information content (AvgIpc) is 3.20. The third kappa shape index (κ3) is 4.21. The number of pyridine rings is 1. The number of benzene rings is 1. The van der Waals surface area contributed by atoms with Gasteiger partial charge in [-0.05, 0) is 43.7 Å². The monoisotopic (exact) mass is 463 g/mol. The fourth-order valence-electron chi connectivity index (χ4n) is 4.25. The molecule has 1 aromatic heterocycles. The lowest BCUT2D eigenvalue weighted by atomic mass is 9.95. The van der Waals surface area contributed by atoms with Gasteiger partial charge in [0.1, 0.15) is 11.3 Å². The Morgan fingerprint density at radius 2 is 1.94 bits per heavy atom. The molecule has 2 aliphatic heterocycles. The van der Waals surface area contributed by atoms with E-state index in [1.165, 1.54) is 9.80 Å². The quantitative estimate of drug-likeness (QED) is 0.654. The molecule has 1 atom stereocenters. The highest BCUT2D eigenvalue weighted by atomic mass is 16.5. The number of aromatic nitrogens is 1. The number of carbonyl (C=O) groups is 3. The molecule has 0 saturated carbocycles. The van der Waals surface area contributed by atoms with Gasteiger partial charge in [0.2, 0.25) is 5.91 Å². The Hall–Kier alpha value is -3.88. The van der Waals surface area contributed by atoms with Gasteiger partial charge >= 0.3 is 6.03 Å². The minimum Gasteiger partial charge on any atom is -0.497 e. The number of urea groups is 1. The highest BCUT2D eigenvalue weighted by molar-refractivity contribution is 6.04. The first-order chi connectivity index (χ1) is 16.2. The van der Waals surface area contributed by atoms with Crippen molar-refractivity contribution in [3.8, 4) is 5.75 Å². The first kappa shape index (κ1) is 23.3. The van der Waals surface area contributed by atoms with Crippen molar-refractivity contribution in [1.82, 2.24) is 25.4 Å². The first-order valence-electron chi connectivity index (χ1n) is 11.2. The number of rotatable bonds is 7. The lowest BCUT2D eigenvalue weighted by Crippen LogP contribution is -2.56. The van der Waals surface area contributed by atoms with Crippen LogP contribution in [0.1, 0.15) is 31.1 Å². The van der Waals surface area contributed by atoms with Crippen molar-refractivity contribution in [2.45, 2.75) is 31.8 Å². The van der Waals surface area contributed by atoms with Crippen LogP contribution in [0.15, 0.2) is 59.9 Å². The maximum atomic E-state index is 13.6. The zero-order valence-corrected chi connectivity index (χ0v) is 19.8. The van der Waals surface area contributed by atoms with Gasteiger partial charge in [-0.1, -0.05) is 18.2 Å². The molecule has 4 amide bonds. The smallest absolute Gasteiger partial charge is 0.322 e. The summed E-state index contributed by atoms with van der Waals surface area (Å²) in [6, 6.07) is 12.0. The van der Waals surface area contributed by atoms with Gasteiger partial charge in [0.05, 0.1) is 31.0 Å². The number of nitrogens with zero attached hydrogens (tertiary/aromatic N) is 3. The summed E-state index contributed by atoms with van der Waals surface area (Å²) < 4.78 is 5.22. The molecule has 1 unspecified atom stereocenters. The van der Waals surface area contributed by atoms with Crippen LogP contribution in [0.2, 0.25) is 0 Å². The Morgan fingerprint density at radius 1 is 1.21 bits per heavy atom. The van der Waals surface area contributed by atoms with Crippen molar-refractivity contribution < 1.29 is 19.1 Å². The van der Waals surface area contributed by atoms with Crippen molar-refractivity contribution >= 4 is 17.8 Å². The highest BCUT2D eigenvalue weighted by Gasteiger charge is 2.49. The van der Waals surface area contributed by atoms with Gasteiger partial charge in [-0.15, -0.1) is 0 Å². The molecule has 4 rings (SSSR count). The van der Waals surface area contributed by atoms with Gasteiger partial charge in [0.25, 0.3) is 5.91 Å². The molecule has 2 N–H and O–H groups in total. The fourth-order valence-corrected chi connectivity index (χ4v) is 4.25. The number of hydrogen-bond acceptors (Lipinski definition) is 5. The minimum absolute atomic E-state index is 0.172. The Labute approximate surface area is 198 Å². The molecule has 9 heteroatoms. The van der Waals surface area contributed by atoms with Gasteiger partial charge < -0.3 is 20.3 Å². The topological polar surface area (TPSA) is 104 Å². The first-order valence-corrected chi connectivity index (χ1v) is 11.2. The molecule has 0 bridgehead atoms. The Bertz CT molecular complexity index is 1130. The van der Waals surface area contributed by atoms with E-state index in [0.29, 0.717) is 30.0 Å². The number of hydrogen-bond donors (Lipinski definition) is 2. The Morgan fingerprint density at radius 3 is 2.59 bits per heavy atom. The van der Waals surface area contributed by atoms with Crippen LogP contribution in [0.25, 0.3) is 0 Å². The Balaban J connectivity index is 1.53. The van der Waals surface area contributed by atoms with Crippen molar-refractivity contribution in [2.24, 2.45) is 0 Å². The van der Waals surface area contributed by atoms with E-state index >= 15 is 0 Å². The van der Waals surface area contributed by atoms with Crippen LogP contribution in [0, 0.1) is 0 Å². The van der Waals surface area contributed by atoms with Gasteiger partial charge in [-0.3, -0.25) is 19.5 Å². The molecule has 0 fully saturated rings. The van der Waals surface area contributed by atoms with Crippen LogP contribution in [0.4, 0.5) is 4.79 Å². The van der Waals surface area contributed by atoms with E-state index in [9.17, 15) is 14.4 Å². The van der Waals surface area contributed by atoms with Crippen LogP contribution >= 0.6 is 0 Å². The van der Waals surface area contributed by atoms with E-state index in [1.807, 2.05) is 30.3 Å². The van der Waals surface area contributed by atoms with Crippen molar-refractivity contribution in [2.75, 3.05) is 27.2 Å². The van der Waals surface area contributed by atoms with Crippen LogP contribution in [-0.2, 0) is 16.0 Å². The number of carbonyl (C=O) groups excluding carboxylic acids is 3. The fraction of sp³-hybridized carbons (Fsp3) is 0.360. The molecule has 2 aliphatic rings. The molecular weight excluding hydrogens is 434 g/mol. The highest BCUT2D eigenvalue weighted by Crippen LogP contribution is 2.38. The SMILES string of the molecule is COc1ccc(C2NC(=O)N(C)C3=C2C(=O)N(C(C)(C)C(=O)NCCc2ccccn2)C3)cc1. The van der Waals surface area contributed by atoms with Crippen molar-refractivity contribution in [3.63, 3.8) is 0 Å². The van der Waals surface area contributed by atoms with E-state index in [2.05, 4.69) is 15.6 Å². The molecule has 1 aromatic carbocycles. The predicted octanol–water partition coefficient (Wildman–Crippen LogP) is 2.02. The summed E-state index contributed by atoms with van der Waals surface area (Å²) in [6.07, 6.45) is 2.30. The second-order valence-corrected chi connectivity index (χ2v) is 8.85. The zero-order valence-electron chi connectivity index (χ0n) is 19.8. The largest absolute Gasteiger partial charge is 0.497 e. The third-order valence-electron chi connectivity index (χ3n) is 6.43. The Kier molecular flexibility index (Phi) is 6.28. The molecule has 2 aromatic rings. The second-order valence-electron chi connectivity index (χ2n) is 8.85. The molecule has 0 spiro atoms. The summed E-state index contributed by atoms with van der Waals surface area (Å²) in [5.41, 5.74) is 1.60. The van der Waals surface area contributed by atoms with Crippen molar-refractivity contribution in [1.29, 1.82) is 0 Å². The molecule has 0 radical (unpaired) electrons. The van der Waals surface area contributed by atoms with E-state index in [-0.39, 0.29) is 24.4 Å². The van der Waals surface area contributed by atoms with E-state index < -0.39 is 11.6 Å². The summed E-state index contributed by atoms with van der Waals surface area (Å²) in [4.78, 5) is 46.6. The lowest BCUT2D eigenvalue weighted by Gasteiger charge is -2.34. The number of ether oxygens (including phenoxy) is 1. The van der Waals surface area contributed by atoms with Crippen molar-refractivity contribution in [3.05, 3.63) is 71.2 Å².